The summed E-state index contributed by atoms with van der Waals surface area (Å²) in [6.45, 7) is 3.68. The molecule has 5 rings (SSSR count). The molecule has 2 saturated heterocycles. The third-order valence-corrected chi connectivity index (χ3v) is 5.91. The molecule has 1 aromatic carbocycles. The quantitative estimate of drug-likeness (QED) is 0.811. The van der Waals surface area contributed by atoms with Crippen LogP contribution in [-0.2, 0) is 9.63 Å². The number of amides is 2. The summed E-state index contributed by atoms with van der Waals surface area (Å²) in [5.41, 5.74) is 1.71. The van der Waals surface area contributed by atoms with E-state index in [4.69, 9.17) is 4.84 Å². The van der Waals surface area contributed by atoms with Crippen LogP contribution in [0.5, 0.6) is 0 Å². The zero-order valence-corrected chi connectivity index (χ0v) is 15.6. The van der Waals surface area contributed by atoms with Crippen LogP contribution in [0.4, 0.5) is 0 Å². The number of aromatic amines is 1. The molecule has 8 heteroatoms. The fourth-order valence-electron chi connectivity index (χ4n) is 4.24. The summed E-state index contributed by atoms with van der Waals surface area (Å²) in [6.07, 6.45) is 1.44. The van der Waals surface area contributed by atoms with Gasteiger partial charge in [0.15, 0.2) is 5.60 Å². The first kappa shape index (κ1) is 17.2. The number of piperazine rings is 1. The number of oxime groups is 1. The largest absolute Gasteiger partial charge is 0.387 e. The summed E-state index contributed by atoms with van der Waals surface area (Å²) in [7, 11) is 0. The van der Waals surface area contributed by atoms with Gasteiger partial charge in [-0.05, 0) is 18.7 Å². The van der Waals surface area contributed by atoms with Crippen molar-refractivity contribution in [2.24, 2.45) is 5.16 Å². The second-order valence-corrected chi connectivity index (χ2v) is 7.77. The fourth-order valence-corrected chi connectivity index (χ4v) is 4.24. The number of aromatic nitrogens is 1. The van der Waals surface area contributed by atoms with Gasteiger partial charge in [0.25, 0.3) is 11.8 Å². The fraction of sp³-hybridized carbons (Fsp3) is 0.450. The normalized spacial score (nSPS) is 24.6. The van der Waals surface area contributed by atoms with E-state index in [1.165, 1.54) is 0 Å². The van der Waals surface area contributed by atoms with Crippen molar-refractivity contribution < 1.29 is 14.4 Å². The molecule has 1 aromatic heterocycles. The average molecular weight is 381 g/mol. The first-order valence-corrected chi connectivity index (χ1v) is 9.76. The van der Waals surface area contributed by atoms with Gasteiger partial charge in [0, 0.05) is 56.5 Å². The van der Waals surface area contributed by atoms with Gasteiger partial charge in [0.2, 0.25) is 0 Å². The predicted octanol–water partition coefficient (Wildman–Crippen LogP) is 0.961. The highest BCUT2D eigenvalue weighted by atomic mass is 16.7. The van der Waals surface area contributed by atoms with Crippen molar-refractivity contribution in [1.29, 1.82) is 0 Å². The van der Waals surface area contributed by atoms with E-state index in [0.717, 1.165) is 30.4 Å². The Morgan fingerprint density at radius 1 is 1.07 bits per heavy atom. The molecule has 1 spiro atoms. The van der Waals surface area contributed by atoms with E-state index in [-0.39, 0.29) is 17.4 Å². The Hall–Kier alpha value is -2.87. The lowest BCUT2D eigenvalue weighted by Gasteiger charge is -2.34. The molecule has 1 unspecified atom stereocenters. The van der Waals surface area contributed by atoms with Gasteiger partial charge in [0.1, 0.15) is 11.4 Å². The maximum absolute atomic E-state index is 12.8. The Bertz CT molecular complexity index is 919. The highest BCUT2D eigenvalue weighted by Crippen LogP contribution is 2.30. The number of nitrogens with one attached hydrogen (secondary N) is 2. The number of carbonyl (C=O) groups is 2. The number of nitrogens with zero attached hydrogens (tertiary/aromatic N) is 3. The van der Waals surface area contributed by atoms with Crippen LogP contribution in [-0.4, -0.2) is 77.2 Å². The lowest BCUT2D eigenvalue weighted by Crippen LogP contribution is -2.52. The first-order chi connectivity index (χ1) is 13.6. The van der Waals surface area contributed by atoms with Crippen LogP contribution in [0.1, 0.15) is 23.3 Å². The number of rotatable bonds is 2. The zero-order chi connectivity index (χ0) is 19.1. The molecule has 4 heterocycles. The number of fused-ring (bicyclic) bond motifs is 1. The summed E-state index contributed by atoms with van der Waals surface area (Å²) in [5.74, 6) is -0.0951. The SMILES string of the molecule is O=C(C1=NOC2(CCNC2)C1)N1CCN(C(=O)c2cc3ccccc3[nH]2)CC1. The molecule has 0 radical (unpaired) electrons. The number of H-pyrrole nitrogens is 1. The van der Waals surface area contributed by atoms with E-state index in [0.29, 0.717) is 44.0 Å². The van der Waals surface area contributed by atoms with E-state index in [9.17, 15) is 9.59 Å². The Labute approximate surface area is 162 Å². The molecule has 146 valence electrons. The molecule has 2 amide bonds. The second-order valence-electron chi connectivity index (χ2n) is 7.77. The first-order valence-electron chi connectivity index (χ1n) is 9.76. The monoisotopic (exact) mass is 381 g/mol. The molecule has 3 aliphatic rings. The van der Waals surface area contributed by atoms with E-state index in [1.54, 1.807) is 9.80 Å². The van der Waals surface area contributed by atoms with Crippen molar-refractivity contribution >= 4 is 28.4 Å². The standard InChI is InChI=1S/C20H23N5O3/c26-18(16-11-14-3-1-2-4-15(14)22-16)24-7-9-25(10-8-24)19(27)17-12-20(28-23-17)5-6-21-13-20/h1-4,11,21-22H,5-10,12-13H2. The van der Waals surface area contributed by atoms with Crippen LogP contribution >= 0.6 is 0 Å². The van der Waals surface area contributed by atoms with Crippen molar-refractivity contribution in [3.63, 3.8) is 0 Å². The minimum atomic E-state index is -0.335. The molecule has 8 nitrogen and oxygen atoms in total. The molecule has 2 fully saturated rings. The smallest absolute Gasteiger partial charge is 0.271 e. The molecule has 0 aliphatic carbocycles. The summed E-state index contributed by atoms with van der Waals surface area (Å²) >= 11 is 0. The van der Waals surface area contributed by atoms with Gasteiger partial charge in [-0.1, -0.05) is 23.4 Å². The Kier molecular flexibility index (Phi) is 4.08. The second kappa shape index (κ2) is 6.63. The molecular formula is C20H23N5O3. The van der Waals surface area contributed by atoms with E-state index in [2.05, 4.69) is 15.5 Å². The molecule has 3 aliphatic heterocycles. The number of hydrogen-bond donors (Lipinski definition) is 2. The van der Waals surface area contributed by atoms with Crippen LogP contribution in [0.15, 0.2) is 35.5 Å². The number of para-hydroxylation sites is 1. The van der Waals surface area contributed by atoms with Crippen LogP contribution in [0, 0.1) is 0 Å². The van der Waals surface area contributed by atoms with Crippen molar-refractivity contribution in [3.8, 4) is 0 Å². The topological polar surface area (TPSA) is 90.0 Å². The van der Waals surface area contributed by atoms with Crippen LogP contribution in [0.3, 0.4) is 0 Å². The molecule has 28 heavy (non-hydrogen) atoms. The lowest BCUT2D eigenvalue weighted by atomic mass is 9.96. The summed E-state index contributed by atoms with van der Waals surface area (Å²) < 4.78 is 0. The Morgan fingerprint density at radius 2 is 1.82 bits per heavy atom. The van der Waals surface area contributed by atoms with Crippen molar-refractivity contribution in [1.82, 2.24) is 20.1 Å². The van der Waals surface area contributed by atoms with E-state index >= 15 is 0 Å². The molecule has 2 aromatic rings. The van der Waals surface area contributed by atoms with Crippen LogP contribution < -0.4 is 5.32 Å². The van der Waals surface area contributed by atoms with E-state index < -0.39 is 0 Å². The third kappa shape index (κ3) is 2.93. The number of benzene rings is 1. The van der Waals surface area contributed by atoms with Crippen molar-refractivity contribution in [2.75, 3.05) is 39.3 Å². The molecule has 0 bridgehead atoms. The maximum Gasteiger partial charge on any atom is 0.271 e. The minimum Gasteiger partial charge on any atom is -0.387 e. The van der Waals surface area contributed by atoms with E-state index in [1.807, 2.05) is 30.3 Å². The van der Waals surface area contributed by atoms with Gasteiger partial charge < -0.3 is 24.9 Å². The van der Waals surface area contributed by atoms with Crippen LogP contribution in [0.25, 0.3) is 10.9 Å². The zero-order valence-electron chi connectivity index (χ0n) is 15.6. The van der Waals surface area contributed by atoms with Gasteiger partial charge in [-0.3, -0.25) is 9.59 Å². The highest BCUT2D eigenvalue weighted by molar-refractivity contribution is 6.39. The van der Waals surface area contributed by atoms with Gasteiger partial charge in [0.05, 0.1) is 0 Å². The van der Waals surface area contributed by atoms with Gasteiger partial charge in [-0.25, -0.2) is 0 Å². The maximum atomic E-state index is 12.8. The number of hydrogen-bond acceptors (Lipinski definition) is 5. The summed E-state index contributed by atoms with van der Waals surface area (Å²) in [5, 5.41) is 8.36. The Balaban J connectivity index is 1.20. The van der Waals surface area contributed by atoms with Crippen molar-refractivity contribution in [3.05, 3.63) is 36.0 Å². The van der Waals surface area contributed by atoms with Gasteiger partial charge in [-0.15, -0.1) is 0 Å². The summed E-state index contributed by atoms with van der Waals surface area (Å²) in [6, 6.07) is 9.72. The highest BCUT2D eigenvalue weighted by Gasteiger charge is 2.44. The van der Waals surface area contributed by atoms with Gasteiger partial charge >= 0.3 is 0 Å². The molecule has 0 saturated carbocycles. The molecule has 2 N–H and O–H groups in total. The van der Waals surface area contributed by atoms with Crippen molar-refractivity contribution in [2.45, 2.75) is 18.4 Å². The number of carbonyl (C=O) groups excluding carboxylic acids is 2. The minimum absolute atomic E-state index is 0.0270. The third-order valence-electron chi connectivity index (χ3n) is 5.91. The average Bonchev–Trinajstić information content (AvgIpc) is 3.47. The van der Waals surface area contributed by atoms with Crippen LogP contribution in [0.2, 0.25) is 0 Å². The summed E-state index contributed by atoms with van der Waals surface area (Å²) in [4.78, 5) is 37.9. The predicted molar refractivity (Wildman–Crippen MR) is 104 cm³/mol. The Morgan fingerprint density at radius 3 is 2.54 bits per heavy atom. The molecule has 1 atom stereocenters. The van der Waals surface area contributed by atoms with Gasteiger partial charge in [-0.2, -0.15) is 0 Å². The molecular weight excluding hydrogens is 358 g/mol. The lowest BCUT2D eigenvalue weighted by molar-refractivity contribution is -0.125.